The van der Waals surface area contributed by atoms with Crippen LogP contribution in [0.25, 0.3) is 21.6 Å². The molecule has 4 aromatic rings. The number of hydrogen-bond donors (Lipinski definition) is 4. The third-order valence-corrected chi connectivity index (χ3v) is 8.29. The molecule has 2 aromatic carbocycles. The molecule has 1 fully saturated rings. The van der Waals surface area contributed by atoms with Gasteiger partial charge in [-0.1, -0.05) is 12.1 Å². The first-order chi connectivity index (χ1) is 19.9. The number of thiophene rings is 1. The number of carbonyl (C=O) groups excluding carboxylic acids is 2. The Kier molecular flexibility index (Phi) is 7.25. The van der Waals surface area contributed by atoms with E-state index < -0.39 is 17.8 Å². The average molecular weight is 569 g/mol. The van der Waals surface area contributed by atoms with Crippen LogP contribution < -0.4 is 21.1 Å². The van der Waals surface area contributed by atoms with E-state index in [9.17, 15) is 19.5 Å². The smallest absolute Gasteiger partial charge is 0.355 e. The fourth-order valence-corrected chi connectivity index (χ4v) is 5.84. The number of anilines is 1. The number of nitrogens with one attached hydrogen (secondary N) is 2. The Hall–Kier alpha value is -4.54. The van der Waals surface area contributed by atoms with E-state index in [2.05, 4.69) is 15.6 Å². The molecule has 5 N–H and O–H groups in total. The van der Waals surface area contributed by atoms with E-state index in [0.29, 0.717) is 49.0 Å². The Morgan fingerprint density at radius 2 is 1.80 bits per heavy atom. The van der Waals surface area contributed by atoms with Gasteiger partial charge in [-0.15, -0.1) is 11.3 Å². The van der Waals surface area contributed by atoms with Crippen molar-refractivity contribution in [2.45, 2.75) is 25.8 Å². The highest BCUT2D eigenvalue weighted by molar-refractivity contribution is 7.13. The Bertz CT molecular complexity index is 1660. The molecule has 2 aromatic heterocycles. The molecule has 0 atom stereocenters. The number of pyridine rings is 1. The van der Waals surface area contributed by atoms with Crippen LogP contribution in [-0.2, 0) is 13.0 Å². The first kappa shape index (κ1) is 26.7. The summed E-state index contributed by atoms with van der Waals surface area (Å²) in [4.78, 5) is 44.1. The summed E-state index contributed by atoms with van der Waals surface area (Å²) < 4.78 is 6.08. The summed E-state index contributed by atoms with van der Waals surface area (Å²) in [6.45, 7) is 1.36. The molecule has 41 heavy (non-hydrogen) atoms. The van der Waals surface area contributed by atoms with Gasteiger partial charge in [0.05, 0.1) is 6.61 Å². The topological polar surface area (TPSA) is 144 Å². The number of nitrogens with two attached hydrogens (primary N) is 1. The first-order valence-electron chi connectivity index (χ1n) is 13.4. The van der Waals surface area contributed by atoms with Crippen LogP contribution in [0.1, 0.15) is 55.3 Å². The lowest BCUT2D eigenvalue weighted by Gasteiger charge is -2.17. The molecule has 208 valence electrons. The van der Waals surface area contributed by atoms with Gasteiger partial charge in [-0.25, -0.2) is 9.78 Å². The minimum Gasteiger partial charge on any atom is -0.493 e. The van der Waals surface area contributed by atoms with Crippen molar-refractivity contribution in [3.8, 4) is 27.3 Å². The second-order valence-corrected chi connectivity index (χ2v) is 11.1. The average Bonchev–Trinajstić information content (AvgIpc) is 3.74. The summed E-state index contributed by atoms with van der Waals surface area (Å²) in [5.74, 6) is -1.15. The van der Waals surface area contributed by atoms with Crippen LogP contribution in [0, 0.1) is 5.92 Å². The first-order valence-corrected chi connectivity index (χ1v) is 14.3. The van der Waals surface area contributed by atoms with Gasteiger partial charge in [0.1, 0.15) is 11.4 Å². The lowest BCUT2D eigenvalue weighted by atomic mass is 9.93. The van der Waals surface area contributed by atoms with Crippen LogP contribution in [0.15, 0.2) is 60.0 Å². The Morgan fingerprint density at radius 3 is 2.54 bits per heavy atom. The standard InChI is InChI=1S/C31H28N4O5S/c32-15-17-3-5-20(6-4-17)34-29(36)23-13-24-26(40-11-9-19-10-12-41-28(19)24)14-22(23)21-7-8-25(35-27(21)31(38)39)30(37)33-16-18-1-2-18/h3-8,10,12-14,18H,1-2,9,11,15-16,32H2,(H,33,37)(H,34,36)(H,38,39). The number of amides is 2. The number of aromatic carboxylic acids is 1. The predicted octanol–water partition coefficient (Wildman–Crippen LogP) is 4.96. The molecule has 9 nitrogen and oxygen atoms in total. The number of benzene rings is 2. The number of carbonyl (C=O) groups is 3. The summed E-state index contributed by atoms with van der Waals surface area (Å²) in [7, 11) is 0. The number of ether oxygens (including phenoxy) is 1. The molecule has 0 saturated heterocycles. The van der Waals surface area contributed by atoms with Crippen LogP contribution in [0.2, 0.25) is 0 Å². The minimum absolute atomic E-state index is 0.00651. The summed E-state index contributed by atoms with van der Waals surface area (Å²) in [5.41, 5.74) is 9.58. The molecular weight excluding hydrogens is 540 g/mol. The Morgan fingerprint density at radius 1 is 1.00 bits per heavy atom. The van der Waals surface area contributed by atoms with E-state index in [0.717, 1.165) is 34.4 Å². The molecule has 2 amide bonds. The van der Waals surface area contributed by atoms with E-state index in [1.807, 2.05) is 23.6 Å². The normalized spacial score (nSPS) is 13.8. The highest BCUT2D eigenvalue weighted by atomic mass is 32.1. The van der Waals surface area contributed by atoms with Crippen molar-refractivity contribution in [1.29, 1.82) is 0 Å². The molecule has 1 aliphatic heterocycles. The maximum absolute atomic E-state index is 13.8. The van der Waals surface area contributed by atoms with E-state index in [1.54, 1.807) is 35.6 Å². The van der Waals surface area contributed by atoms with Crippen molar-refractivity contribution in [2.75, 3.05) is 18.5 Å². The lowest BCUT2D eigenvalue weighted by Crippen LogP contribution is -2.27. The van der Waals surface area contributed by atoms with Crippen LogP contribution >= 0.6 is 11.3 Å². The van der Waals surface area contributed by atoms with Gasteiger partial charge in [0.2, 0.25) is 0 Å². The van der Waals surface area contributed by atoms with Gasteiger partial charge in [0.25, 0.3) is 11.8 Å². The van der Waals surface area contributed by atoms with Gasteiger partial charge in [0, 0.05) is 52.3 Å². The maximum atomic E-state index is 13.8. The number of carboxylic acids is 1. The molecule has 0 spiro atoms. The maximum Gasteiger partial charge on any atom is 0.355 e. The molecule has 0 radical (unpaired) electrons. The summed E-state index contributed by atoms with van der Waals surface area (Å²) >= 11 is 1.56. The van der Waals surface area contributed by atoms with Crippen molar-refractivity contribution in [3.63, 3.8) is 0 Å². The number of fused-ring (bicyclic) bond motifs is 3. The number of aromatic nitrogens is 1. The fraction of sp³-hybridized carbons (Fsp3) is 0.226. The molecule has 0 bridgehead atoms. The van der Waals surface area contributed by atoms with Gasteiger partial charge >= 0.3 is 5.97 Å². The Labute approximate surface area is 240 Å². The fourth-order valence-electron chi connectivity index (χ4n) is 4.87. The lowest BCUT2D eigenvalue weighted by molar-refractivity contribution is 0.0691. The highest BCUT2D eigenvalue weighted by Crippen LogP contribution is 2.43. The quantitative estimate of drug-likeness (QED) is 0.235. The third kappa shape index (κ3) is 5.57. The van der Waals surface area contributed by atoms with Gasteiger partial charge in [-0.05, 0) is 77.7 Å². The summed E-state index contributed by atoms with van der Waals surface area (Å²) in [5, 5.41) is 17.9. The Balaban J connectivity index is 1.45. The molecule has 2 aliphatic rings. The van der Waals surface area contributed by atoms with E-state index >= 15 is 0 Å². The minimum atomic E-state index is -1.31. The molecule has 6 rings (SSSR count). The third-order valence-electron chi connectivity index (χ3n) is 7.30. The summed E-state index contributed by atoms with van der Waals surface area (Å²) in [6.07, 6.45) is 2.86. The number of carboxylic acid groups (broad SMARTS) is 1. The SMILES string of the molecule is NCc1ccc(NC(=O)c2cc3c(cc2-c2ccc(C(=O)NCC4CC4)nc2C(=O)O)OCCc2ccsc2-3)cc1. The van der Waals surface area contributed by atoms with Crippen LogP contribution in [0.4, 0.5) is 5.69 Å². The largest absolute Gasteiger partial charge is 0.493 e. The second-order valence-electron chi connectivity index (χ2n) is 10.2. The number of rotatable bonds is 8. The molecular formula is C31H28N4O5S. The zero-order valence-corrected chi connectivity index (χ0v) is 22.9. The number of nitrogens with zero attached hydrogens (tertiary/aromatic N) is 1. The van der Waals surface area contributed by atoms with Crippen LogP contribution in [-0.4, -0.2) is 41.0 Å². The van der Waals surface area contributed by atoms with Crippen molar-refractivity contribution in [2.24, 2.45) is 11.7 Å². The van der Waals surface area contributed by atoms with Gasteiger partial charge in [-0.3, -0.25) is 9.59 Å². The van der Waals surface area contributed by atoms with Crippen LogP contribution in [0.5, 0.6) is 5.75 Å². The summed E-state index contributed by atoms with van der Waals surface area (Å²) in [6, 6.07) is 15.7. The van der Waals surface area contributed by atoms with E-state index in [-0.39, 0.29) is 22.5 Å². The molecule has 0 unspecified atom stereocenters. The van der Waals surface area contributed by atoms with Gasteiger partial charge in [0.15, 0.2) is 5.69 Å². The zero-order valence-electron chi connectivity index (χ0n) is 22.1. The van der Waals surface area contributed by atoms with Gasteiger partial charge in [-0.2, -0.15) is 0 Å². The van der Waals surface area contributed by atoms with E-state index in [1.165, 1.54) is 12.1 Å². The van der Waals surface area contributed by atoms with Crippen molar-refractivity contribution >= 4 is 34.8 Å². The monoisotopic (exact) mass is 568 g/mol. The molecule has 3 heterocycles. The van der Waals surface area contributed by atoms with Crippen molar-refractivity contribution < 1.29 is 24.2 Å². The van der Waals surface area contributed by atoms with Gasteiger partial charge < -0.3 is 26.2 Å². The second kappa shape index (κ2) is 11.1. The highest BCUT2D eigenvalue weighted by Gasteiger charge is 2.27. The predicted molar refractivity (Wildman–Crippen MR) is 156 cm³/mol. The molecule has 1 saturated carbocycles. The van der Waals surface area contributed by atoms with Crippen molar-refractivity contribution in [3.05, 3.63) is 88.1 Å². The zero-order chi connectivity index (χ0) is 28.5. The molecule has 1 aliphatic carbocycles. The van der Waals surface area contributed by atoms with E-state index in [4.69, 9.17) is 10.5 Å². The van der Waals surface area contributed by atoms with Crippen LogP contribution in [0.3, 0.4) is 0 Å². The van der Waals surface area contributed by atoms with Crippen molar-refractivity contribution in [1.82, 2.24) is 10.3 Å². The number of hydrogen-bond acceptors (Lipinski definition) is 7. The molecule has 10 heteroatoms.